The molecule has 3 nitrogen and oxygen atoms in total. The van der Waals surface area contributed by atoms with Gasteiger partial charge in [-0.15, -0.1) is 0 Å². The summed E-state index contributed by atoms with van der Waals surface area (Å²) in [5.41, 5.74) is 0.777. The molecule has 74 valence electrons. The van der Waals surface area contributed by atoms with Crippen molar-refractivity contribution in [3.05, 3.63) is 18.0 Å². The van der Waals surface area contributed by atoms with Gasteiger partial charge in [-0.2, -0.15) is 16.9 Å². The average Bonchev–Trinajstić information content (AvgIpc) is 2.52. The Labute approximate surface area is 83.1 Å². The highest BCUT2D eigenvalue weighted by Crippen LogP contribution is 2.16. The molecule has 1 rings (SSSR count). The van der Waals surface area contributed by atoms with Crippen LogP contribution in [0.15, 0.2) is 12.3 Å². The van der Waals surface area contributed by atoms with E-state index in [0.717, 1.165) is 23.6 Å². The third kappa shape index (κ3) is 3.40. The molecule has 0 fully saturated rings. The maximum Gasteiger partial charge on any atom is 0.0986 e. The number of aliphatic hydroxyl groups excluding tert-OH is 1. The standard InChI is InChI=1S/C9H16N2OS/c1-3-13-7-5-9(12)8-4-6-11(2)10-8/h4,6,9,12H,3,5,7H2,1-2H3. The molecule has 0 radical (unpaired) electrons. The number of aryl methyl sites for hydroxylation is 1. The zero-order valence-electron chi connectivity index (χ0n) is 8.10. The Bertz CT molecular complexity index is 250. The SMILES string of the molecule is CCSCCC(O)c1ccn(C)n1. The van der Waals surface area contributed by atoms with Gasteiger partial charge in [-0.05, 0) is 24.0 Å². The van der Waals surface area contributed by atoms with Crippen LogP contribution in [0.3, 0.4) is 0 Å². The zero-order chi connectivity index (χ0) is 9.68. The molecule has 0 saturated heterocycles. The average molecular weight is 200 g/mol. The molecule has 0 spiro atoms. The minimum Gasteiger partial charge on any atom is -0.387 e. The lowest BCUT2D eigenvalue weighted by molar-refractivity contribution is 0.169. The molecule has 1 heterocycles. The van der Waals surface area contributed by atoms with Crippen molar-refractivity contribution < 1.29 is 5.11 Å². The lowest BCUT2D eigenvalue weighted by Gasteiger charge is -2.05. The quantitative estimate of drug-likeness (QED) is 0.734. The Balaban J connectivity index is 2.35. The summed E-state index contributed by atoms with van der Waals surface area (Å²) in [7, 11) is 1.86. The Hall–Kier alpha value is -0.480. The first-order valence-electron chi connectivity index (χ1n) is 4.49. The Morgan fingerprint density at radius 1 is 1.69 bits per heavy atom. The topological polar surface area (TPSA) is 38.0 Å². The molecule has 1 atom stereocenters. The van der Waals surface area contributed by atoms with Crippen molar-refractivity contribution in [3.8, 4) is 0 Å². The van der Waals surface area contributed by atoms with Gasteiger partial charge in [0, 0.05) is 13.2 Å². The second-order valence-electron chi connectivity index (χ2n) is 2.92. The fourth-order valence-electron chi connectivity index (χ4n) is 1.10. The van der Waals surface area contributed by atoms with Gasteiger partial charge in [0.2, 0.25) is 0 Å². The molecule has 0 bridgehead atoms. The van der Waals surface area contributed by atoms with Crippen molar-refractivity contribution >= 4 is 11.8 Å². The molecule has 0 aromatic carbocycles. The minimum atomic E-state index is -0.403. The second-order valence-corrected chi connectivity index (χ2v) is 4.31. The fraction of sp³-hybridized carbons (Fsp3) is 0.667. The van der Waals surface area contributed by atoms with Gasteiger partial charge in [0.15, 0.2) is 0 Å². The molecule has 4 heteroatoms. The highest BCUT2D eigenvalue weighted by molar-refractivity contribution is 7.99. The number of hydrogen-bond acceptors (Lipinski definition) is 3. The number of aromatic nitrogens is 2. The van der Waals surface area contributed by atoms with Crippen molar-refractivity contribution in [1.29, 1.82) is 0 Å². The summed E-state index contributed by atoms with van der Waals surface area (Å²) >= 11 is 1.84. The summed E-state index contributed by atoms with van der Waals surface area (Å²) in [5.74, 6) is 2.10. The van der Waals surface area contributed by atoms with Crippen LogP contribution in [-0.4, -0.2) is 26.4 Å². The van der Waals surface area contributed by atoms with E-state index < -0.39 is 6.10 Å². The smallest absolute Gasteiger partial charge is 0.0986 e. The lowest BCUT2D eigenvalue weighted by Crippen LogP contribution is -2.01. The van der Waals surface area contributed by atoms with E-state index in [1.165, 1.54) is 0 Å². The molecule has 0 amide bonds. The van der Waals surface area contributed by atoms with E-state index in [4.69, 9.17) is 0 Å². The predicted molar refractivity (Wildman–Crippen MR) is 55.8 cm³/mol. The van der Waals surface area contributed by atoms with E-state index in [1.54, 1.807) is 4.68 Å². The number of nitrogens with zero attached hydrogens (tertiary/aromatic N) is 2. The summed E-state index contributed by atoms with van der Waals surface area (Å²) in [6, 6.07) is 1.86. The minimum absolute atomic E-state index is 0.403. The van der Waals surface area contributed by atoms with Gasteiger partial charge in [-0.25, -0.2) is 0 Å². The van der Waals surface area contributed by atoms with Crippen molar-refractivity contribution in [3.63, 3.8) is 0 Å². The molecule has 1 unspecified atom stereocenters. The molecule has 13 heavy (non-hydrogen) atoms. The van der Waals surface area contributed by atoms with Crippen LogP contribution in [0, 0.1) is 0 Å². The summed E-state index contributed by atoms with van der Waals surface area (Å²) in [6.45, 7) is 2.12. The van der Waals surface area contributed by atoms with Crippen LogP contribution in [0.1, 0.15) is 25.1 Å². The molecular weight excluding hydrogens is 184 g/mol. The van der Waals surface area contributed by atoms with E-state index in [1.807, 2.05) is 31.1 Å². The zero-order valence-corrected chi connectivity index (χ0v) is 8.92. The Morgan fingerprint density at radius 2 is 2.46 bits per heavy atom. The first-order chi connectivity index (χ1) is 6.24. The van der Waals surface area contributed by atoms with Crippen LogP contribution in [0.5, 0.6) is 0 Å². The van der Waals surface area contributed by atoms with Gasteiger partial charge < -0.3 is 5.11 Å². The maximum absolute atomic E-state index is 9.67. The molecular formula is C9H16N2OS. The van der Waals surface area contributed by atoms with E-state index in [-0.39, 0.29) is 0 Å². The number of aliphatic hydroxyl groups is 1. The van der Waals surface area contributed by atoms with Crippen LogP contribution in [-0.2, 0) is 7.05 Å². The molecule has 0 aliphatic heterocycles. The monoisotopic (exact) mass is 200 g/mol. The van der Waals surface area contributed by atoms with Crippen molar-refractivity contribution in [2.75, 3.05) is 11.5 Å². The highest BCUT2D eigenvalue weighted by atomic mass is 32.2. The molecule has 1 aromatic rings. The normalized spacial score (nSPS) is 13.2. The predicted octanol–water partition coefficient (Wildman–Crippen LogP) is 1.60. The largest absolute Gasteiger partial charge is 0.387 e. The van der Waals surface area contributed by atoms with Gasteiger partial charge in [0.05, 0.1) is 11.8 Å². The summed E-state index contributed by atoms with van der Waals surface area (Å²) in [5, 5.41) is 13.8. The fourth-order valence-corrected chi connectivity index (χ4v) is 1.78. The third-order valence-corrected chi connectivity index (χ3v) is 2.75. The van der Waals surface area contributed by atoms with Crippen LogP contribution in [0.4, 0.5) is 0 Å². The second kappa shape index (κ2) is 5.29. The lowest BCUT2D eigenvalue weighted by atomic mass is 10.2. The molecule has 0 aliphatic carbocycles. The van der Waals surface area contributed by atoms with E-state index in [0.29, 0.717) is 0 Å². The first kappa shape index (κ1) is 10.6. The molecule has 0 saturated carbocycles. The Kier molecular flexibility index (Phi) is 4.32. The maximum atomic E-state index is 9.67. The van der Waals surface area contributed by atoms with Gasteiger partial charge in [0.25, 0.3) is 0 Å². The summed E-state index contributed by atoms with van der Waals surface area (Å²) < 4.78 is 1.71. The van der Waals surface area contributed by atoms with Gasteiger partial charge in [-0.3, -0.25) is 4.68 Å². The number of rotatable bonds is 5. The van der Waals surface area contributed by atoms with E-state index >= 15 is 0 Å². The van der Waals surface area contributed by atoms with Crippen LogP contribution >= 0.6 is 11.8 Å². The van der Waals surface area contributed by atoms with Crippen molar-refractivity contribution in [2.24, 2.45) is 7.05 Å². The summed E-state index contributed by atoms with van der Waals surface area (Å²) in [4.78, 5) is 0. The van der Waals surface area contributed by atoms with Gasteiger partial charge >= 0.3 is 0 Å². The van der Waals surface area contributed by atoms with Crippen molar-refractivity contribution in [1.82, 2.24) is 9.78 Å². The number of hydrogen-bond donors (Lipinski definition) is 1. The van der Waals surface area contributed by atoms with E-state index in [2.05, 4.69) is 12.0 Å². The van der Waals surface area contributed by atoms with Gasteiger partial charge in [-0.1, -0.05) is 6.92 Å². The molecule has 0 aliphatic rings. The van der Waals surface area contributed by atoms with Crippen LogP contribution < -0.4 is 0 Å². The first-order valence-corrected chi connectivity index (χ1v) is 5.65. The van der Waals surface area contributed by atoms with Crippen molar-refractivity contribution in [2.45, 2.75) is 19.4 Å². The van der Waals surface area contributed by atoms with Crippen LogP contribution in [0.2, 0.25) is 0 Å². The van der Waals surface area contributed by atoms with E-state index in [9.17, 15) is 5.11 Å². The number of thioether (sulfide) groups is 1. The molecule has 1 N–H and O–H groups in total. The third-order valence-electron chi connectivity index (χ3n) is 1.82. The highest BCUT2D eigenvalue weighted by Gasteiger charge is 2.09. The van der Waals surface area contributed by atoms with Crippen LogP contribution in [0.25, 0.3) is 0 Å². The molecule has 1 aromatic heterocycles. The summed E-state index contributed by atoms with van der Waals surface area (Å²) in [6.07, 6.45) is 2.24. The Morgan fingerprint density at radius 3 is 3.00 bits per heavy atom. The van der Waals surface area contributed by atoms with Gasteiger partial charge in [0.1, 0.15) is 0 Å².